The molecule has 2 aromatic rings. The van der Waals surface area contributed by atoms with Crippen LogP contribution < -0.4 is 5.69 Å². The molecule has 1 N–H and O–H groups in total. The first-order chi connectivity index (χ1) is 6.66. The lowest BCUT2D eigenvalue weighted by Gasteiger charge is -1.98. The van der Waals surface area contributed by atoms with Crippen LogP contribution in [0.5, 0.6) is 0 Å². The molecule has 0 bridgehead atoms. The number of aryl methyl sites for hydroxylation is 1. The van der Waals surface area contributed by atoms with Gasteiger partial charge in [-0.1, -0.05) is 17.7 Å². The average molecular weight is 210 g/mol. The minimum Gasteiger partial charge on any atom is -0.293 e. The van der Waals surface area contributed by atoms with Crippen molar-refractivity contribution < 1.29 is 0 Å². The van der Waals surface area contributed by atoms with Crippen LogP contribution in [0.3, 0.4) is 0 Å². The third-order valence-corrected chi connectivity index (χ3v) is 2.02. The Morgan fingerprint density at radius 2 is 2.29 bits per heavy atom. The zero-order valence-corrected chi connectivity index (χ0v) is 8.25. The Morgan fingerprint density at radius 1 is 1.50 bits per heavy atom. The van der Waals surface area contributed by atoms with E-state index in [4.69, 9.17) is 11.6 Å². The van der Waals surface area contributed by atoms with Crippen molar-refractivity contribution >= 4 is 11.6 Å². The molecule has 0 radical (unpaired) electrons. The molecule has 14 heavy (non-hydrogen) atoms. The molecule has 1 heterocycles. The molecule has 0 amide bonds. The van der Waals surface area contributed by atoms with Crippen molar-refractivity contribution in [2.45, 2.75) is 6.92 Å². The number of benzene rings is 1. The summed E-state index contributed by atoms with van der Waals surface area (Å²) in [6.07, 6.45) is 0. The predicted octanol–water partition coefficient (Wildman–Crippen LogP) is 1.52. The Balaban J connectivity index is 2.60. The van der Waals surface area contributed by atoms with E-state index in [1.54, 1.807) is 31.2 Å². The molecular formula is C9H8ClN3O. The van der Waals surface area contributed by atoms with Gasteiger partial charge in [-0.3, -0.25) is 4.98 Å². The van der Waals surface area contributed by atoms with Crippen LogP contribution in [0.1, 0.15) is 5.82 Å². The fraction of sp³-hybridized carbons (Fsp3) is 0.111. The van der Waals surface area contributed by atoms with Crippen LogP contribution in [-0.2, 0) is 0 Å². The smallest absolute Gasteiger partial charge is 0.293 e. The number of H-pyrrole nitrogens is 1. The first-order valence-electron chi connectivity index (χ1n) is 4.09. The Labute approximate surface area is 85.1 Å². The van der Waals surface area contributed by atoms with E-state index in [0.717, 1.165) is 0 Å². The molecule has 0 saturated heterocycles. The van der Waals surface area contributed by atoms with Gasteiger partial charge in [0.15, 0.2) is 0 Å². The van der Waals surface area contributed by atoms with Gasteiger partial charge < -0.3 is 0 Å². The number of aromatic amines is 1. The van der Waals surface area contributed by atoms with Gasteiger partial charge >= 0.3 is 5.69 Å². The van der Waals surface area contributed by atoms with Crippen molar-refractivity contribution in [3.8, 4) is 5.69 Å². The molecule has 0 atom stereocenters. The number of rotatable bonds is 1. The molecule has 0 aliphatic heterocycles. The van der Waals surface area contributed by atoms with Crippen molar-refractivity contribution in [2.75, 3.05) is 0 Å². The normalized spacial score (nSPS) is 10.4. The monoisotopic (exact) mass is 209 g/mol. The van der Waals surface area contributed by atoms with E-state index in [-0.39, 0.29) is 5.69 Å². The lowest BCUT2D eigenvalue weighted by molar-refractivity contribution is 0.833. The van der Waals surface area contributed by atoms with Crippen LogP contribution in [0.25, 0.3) is 5.69 Å². The molecule has 0 unspecified atom stereocenters. The van der Waals surface area contributed by atoms with Gasteiger partial charge in [-0.2, -0.15) is 9.78 Å². The zero-order valence-electron chi connectivity index (χ0n) is 7.49. The molecule has 2 rings (SSSR count). The van der Waals surface area contributed by atoms with Gasteiger partial charge in [0.25, 0.3) is 0 Å². The minimum absolute atomic E-state index is 0.259. The van der Waals surface area contributed by atoms with Crippen LogP contribution in [0, 0.1) is 6.92 Å². The number of aromatic nitrogens is 3. The third kappa shape index (κ3) is 1.56. The van der Waals surface area contributed by atoms with E-state index < -0.39 is 0 Å². The van der Waals surface area contributed by atoms with Crippen molar-refractivity contribution in [2.24, 2.45) is 0 Å². The van der Waals surface area contributed by atoms with Gasteiger partial charge in [0, 0.05) is 5.02 Å². The Morgan fingerprint density at radius 3 is 2.86 bits per heavy atom. The molecule has 0 aliphatic carbocycles. The second-order valence-electron chi connectivity index (χ2n) is 2.91. The van der Waals surface area contributed by atoms with E-state index in [1.807, 2.05) is 0 Å². The van der Waals surface area contributed by atoms with Crippen molar-refractivity contribution in [3.63, 3.8) is 0 Å². The molecule has 0 fully saturated rings. The summed E-state index contributed by atoms with van der Waals surface area (Å²) >= 11 is 5.80. The van der Waals surface area contributed by atoms with Gasteiger partial charge in [-0.15, -0.1) is 0 Å². The molecule has 5 heteroatoms. The van der Waals surface area contributed by atoms with Gasteiger partial charge in [0.1, 0.15) is 5.82 Å². The van der Waals surface area contributed by atoms with Crippen molar-refractivity contribution in [1.29, 1.82) is 0 Å². The van der Waals surface area contributed by atoms with E-state index >= 15 is 0 Å². The molecular weight excluding hydrogens is 202 g/mol. The quantitative estimate of drug-likeness (QED) is 0.774. The highest BCUT2D eigenvalue weighted by Gasteiger charge is 2.03. The van der Waals surface area contributed by atoms with Crippen molar-refractivity contribution in [1.82, 2.24) is 14.8 Å². The van der Waals surface area contributed by atoms with E-state index in [9.17, 15) is 4.79 Å². The topological polar surface area (TPSA) is 50.7 Å². The van der Waals surface area contributed by atoms with Crippen LogP contribution in [-0.4, -0.2) is 14.8 Å². The Hall–Kier alpha value is -1.55. The molecule has 0 aliphatic rings. The second-order valence-corrected chi connectivity index (χ2v) is 3.34. The molecule has 1 aromatic carbocycles. The fourth-order valence-corrected chi connectivity index (χ4v) is 1.40. The fourth-order valence-electron chi connectivity index (χ4n) is 1.21. The summed E-state index contributed by atoms with van der Waals surface area (Å²) in [4.78, 5) is 13.9. The zero-order chi connectivity index (χ0) is 10.1. The summed E-state index contributed by atoms with van der Waals surface area (Å²) in [6.45, 7) is 1.72. The van der Waals surface area contributed by atoms with Crippen LogP contribution in [0.2, 0.25) is 5.02 Å². The number of nitrogens with zero attached hydrogens (tertiary/aromatic N) is 2. The van der Waals surface area contributed by atoms with Crippen LogP contribution in [0.15, 0.2) is 29.1 Å². The highest BCUT2D eigenvalue weighted by Crippen LogP contribution is 2.12. The summed E-state index contributed by atoms with van der Waals surface area (Å²) in [7, 11) is 0. The van der Waals surface area contributed by atoms with Crippen molar-refractivity contribution in [3.05, 3.63) is 45.6 Å². The van der Waals surface area contributed by atoms with Gasteiger partial charge in [-0.25, -0.2) is 4.79 Å². The highest BCUT2D eigenvalue weighted by atomic mass is 35.5. The maximum atomic E-state index is 11.4. The molecule has 4 nitrogen and oxygen atoms in total. The Kier molecular flexibility index (Phi) is 2.13. The molecule has 0 spiro atoms. The number of halogens is 1. The number of hydrogen-bond donors (Lipinski definition) is 1. The summed E-state index contributed by atoms with van der Waals surface area (Å²) in [6, 6.07) is 6.97. The summed E-state index contributed by atoms with van der Waals surface area (Å²) in [5.41, 5.74) is 0.400. The minimum atomic E-state index is -0.259. The first-order valence-corrected chi connectivity index (χ1v) is 4.46. The van der Waals surface area contributed by atoms with Crippen LogP contribution >= 0.6 is 11.6 Å². The standard InChI is InChI=1S/C9H8ClN3O/c1-6-11-9(14)13(12-6)8-4-2-3-7(10)5-8/h2-5H,1H3,(H,11,12,14). The average Bonchev–Trinajstić information content (AvgIpc) is 2.45. The maximum absolute atomic E-state index is 11.4. The van der Waals surface area contributed by atoms with E-state index in [0.29, 0.717) is 16.5 Å². The summed E-state index contributed by atoms with van der Waals surface area (Å²) < 4.78 is 1.28. The SMILES string of the molecule is Cc1nn(-c2cccc(Cl)c2)c(=O)[nH]1. The summed E-state index contributed by atoms with van der Waals surface area (Å²) in [5, 5.41) is 4.59. The third-order valence-electron chi connectivity index (χ3n) is 1.78. The first kappa shape index (κ1) is 9.02. The summed E-state index contributed by atoms with van der Waals surface area (Å²) in [5.74, 6) is 0.579. The predicted molar refractivity (Wildman–Crippen MR) is 53.9 cm³/mol. The van der Waals surface area contributed by atoms with E-state index in [2.05, 4.69) is 10.1 Å². The lowest BCUT2D eigenvalue weighted by atomic mass is 10.3. The highest BCUT2D eigenvalue weighted by molar-refractivity contribution is 6.30. The lowest BCUT2D eigenvalue weighted by Crippen LogP contribution is -2.15. The van der Waals surface area contributed by atoms with Gasteiger partial charge in [0.2, 0.25) is 0 Å². The molecule has 0 saturated carbocycles. The van der Waals surface area contributed by atoms with Crippen LogP contribution in [0.4, 0.5) is 0 Å². The maximum Gasteiger partial charge on any atom is 0.348 e. The largest absolute Gasteiger partial charge is 0.348 e. The molecule has 1 aromatic heterocycles. The number of nitrogens with one attached hydrogen (secondary N) is 1. The molecule has 72 valence electrons. The number of hydrogen-bond acceptors (Lipinski definition) is 2. The van der Waals surface area contributed by atoms with Gasteiger partial charge in [-0.05, 0) is 25.1 Å². The second kappa shape index (κ2) is 3.31. The van der Waals surface area contributed by atoms with E-state index in [1.165, 1.54) is 4.68 Å². The Bertz CT molecular complexity index is 515. The van der Waals surface area contributed by atoms with Gasteiger partial charge in [0.05, 0.1) is 5.69 Å².